The van der Waals surface area contributed by atoms with Crippen LogP contribution in [0.5, 0.6) is 0 Å². The highest BCUT2D eigenvalue weighted by Crippen LogP contribution is 2.26. The first-order valence-corrected chi connectivity index (χ1v) is 9.86. The third kappa shape index (κ3) is 4.59. The van der Waals surface area contributed by atoms with E-state index < -0.39 is 0 Å². The van der Waals surface area contributed by atoms with Crippen LogP contribution in [0.2, 0.25) is 0 Å². The summed E-state index contributed by atoms with van der Waals surface area (Å²) in [6, 6.07) is 10.3. The zero-order valence-electron chi connectivity index (χ0n) is 15.4. The molecule has 3 rings (SSSR count). The highest BCUT2D eigenvalue weighted by atomic mass is 16.3. The highest BCUT2D eigenvalue weighted by molar-refractivity contribution is 5.26. The van der Waals surface area contributed by atoms with Crippen LogP contribution in [-0.4, -0.2) is 47.3 Å². The summed E-state index contributed by atoms with van der Waals surface area (Å²) < 4.78 is 0. The lowest BCUT2D eigenvalue weighted by molar-refractivity contribution is 0.00672. The van der Waals surface area contributed by atoms with E-state index in [0.29, 0.717) is 18.1 Å². The minimum absolute atomic E-state index is 0.0942. The van der Waals surface area contributed by atoms with E-state index in [-0.39, 0.29) is 6.10 Å². The lowest BCUT2D eigenvalue weighted by atomic mass is 9.89. The van der Waals surface area contributed by atoms with E-state index >= 15 is 0 Å². The normalized spacial score (nSPS) is 28.0. The fourth-order valence-electron chi connectivity index (χ4n) is 4.55. The standard InChI is InChI=1S/C21H34N2O/c1-16-7-3-4-8-18(16)15-17(2)22-19-11-13-23(14-12-19)20-9-5-6-10-21(20)24/h3-4,7-8,17,19-22,24H,5-6,9-15H2,1-2H3. The van der Waals surface area contributed by atoms with Crippen molar-refractivity contribution in [3.05, 3.63) is 35.4 Å². The SMILES string of the molecule is Cc1ccccc1CC(C)NC1CCN(C2CCCCC2O)CC1. The van der Waals surface area contributed by atoms with Gasteiger partial charge in [0.25, 0.3) is 0 Å². The van der Waals surface area contributed by atoms with E-state index in [2.05, 4.69) is 48.3 Å². The van der Waals surface area contributed by atoms with Gasteiger partial charge in [0, 0.05) is 31.2 Å². The molecule has 2 fully saturated rings. The van der Waals surface area contributed by atoms with Crippen LogP contribution in [-0.2, 0) is 6.42 Å². The smallest absolute Gasteiger partial charge is 0.0695 e. The number of nitrogens with one attached hydrogen (secondary N) is 1. The molecule has 1 aromatic carbocycles. The van der Waals surface area contributed by atoms with Crippen molar-refractivity contribution in [1.82, 2.24) is 10.2 Å². The molecular formula is C21H34N2O. The maximum absolute atomic E-state index is 10.3. The number of piperidine rings is 1. The number of hydrogen-bond acceptors (Lipinski definition) is 3. The number of aliphatic hydroxyl groups is 1. The Morgan fingerprint density at radius 2 is 1.83 bits per heavy atom. The number of nitrogens with zero attached hydrogens (tertiary/aromatic N) is 1. The first kappa shape index (κ1) is 17.9. The Bertz CT molecular complexity index is 510. The van der Waals surface area contributed by atoms with Gasteiger partial charge in [0.2, 0.25) is 0 Å². The molecule has 1 aliphatic carbocycles. The fraction of sp³-hybridized carbons (Fsp3) is 0.714. The van der Waals surface area contributed by atoms with Crippen molar-refractivity contribution in [1.29, 1.82) is 0 Å². The molecular weight excluding hydrogens is 296 g/mol. The Balaban J connectivity index is 1.44. The molecule has 1 heterocycles. The molecule has 3 atom stereocenters. The summed E-state index contributed by atoms with van der Waals surface area (Å²) in [6.45, 7) is 6.78. The maximum Gasteiger partial charge on any atom is 0.0695 e. The molecule has 1 saturated heterocycles. The Morgan fingerprint density at radius 1 is 1.12 bits per heavy atom. The zero-order valence-corrected chi connectivity index (χ0v) is 15.4. The van der Waals surface area contributed by atoms with Gasteiger partial charge >= 0.3 is 0 Å². The number of likely N-dealkylation sites (tertiary alicyclic amines) is 1. The third-order valence-electron chi connectivity index (χ3n) is 6.00. The van der Waals surface area contributed by atoms with Crippen molar-refractivity contribution in [2.75, 3.05) is 13.1 Å². The van der Waals surface area contributed by atoms with E-state index in [9.17, 15) is 5.11 Å². The third-order valence-corrected chi connectivity index (χ3v) is 6.00. The molecule has 0 aromatic heterocycles. The summed E-state index contributed by atoms with van der Waals surface area (Å²) >= 11 is 0. The Morgan fingerprint density at radius 3 is 2.54 bits per heavy atom. The molecule has 0 spiro atoms. The summed E-state index contributed by atoms with van der Waals surface area (Å²) in [5, 5.41) is 14.1. The van der Waals surface area contributed by atoms with Crippen molar-refractivity contribution < 1.29 is 5.11 Å². The molecule has 0 amide bonds. The van der Waals surface area contributed by atoms with Gasteiger partial charge in [-0.05, 0) is 57.1 Å². The van der Waals surface area contributed by atoms with Crippen molar-refractivity contribution in [2.24, 2.45) is 0 Å². The van der Waals surface area contributed by atoms with Gasteiger partial charge in [-0.1, -0.05) is 37.1 Å². The van der Waals surface area contributed by atoms with Crippen molar-refractivity contribution in [3.8, 4) is 0 Å². The molecule has 24 heavy (non-hydrogen) atoms. The summed E-state index contributed by atoms with van der Waals surface area (Å²) in [6.07, 6.45) is 8.10. The van der Waals surface area contributed by atoms with Crippen LogP contribution in [0, 0.1) is 6.92 Å². The largest absolute Gasteiger partial charge is 0.391 e. The van der Waals surface area contributed by atoms with Crippen molar-refractivity contribution in [2.45, 2.75) is 83.0 Å². The van der Waals surface area contributed by atoms with Gasteiger partial charge in [0.1, 0.15) is 0 Å². The molecule has 2 aliphatic rings. The maximum atomic E-state index is 10.3. The lowest BCUT2D eigenvalue weighted by Gasteiger charge is -2.42. The number of aryl methyl sites for hydroxylation is 1. The Kier molecular flexibility index (Phi) is 6.31. The molecule has 1 aromatic rings. The molecule has 1 saturated carbocycles. The van der Waals surface area contributed by atoms with Crippen LogP contribution in [0.1, 0.15) is 56.6 Å². The molecule has 3 nitrogen and oxygen atoms in total. The van der Waals surface area contributed by atoms with Crippen LogP contribution in [0.3, 0.4) is 0 Å². The van der Waals surface area contributed by atoms with Gasteiger partial charge < -0.3 is 10.4 Å². The summed E-state index contributed by atoms with van der Waals surface area (Å²) in [5.74, 6) is 0. The van der Waals surface area contributed by atoms with Crippen LogP contribution < -0.4 is 5.32 Å². The predicted octanol–water partition coefficient (Wildman–Crippen LogP) is 3.28. The Labute approximate surface area is 147 Å². The van der Waals surface area contributed by atoms with Gasteiger partial charge in [-0.15, -0.1) is 0 Å². The van der Waals surface area contributed by atoms with Gasteiger partial charge in [-0.2, -0.15) is 0 Å². The summed E-state index contributed by atoms with van der Waals surface area (Å²) in [5.41, 5.74) is 2.85. The number of aliphatic hydroxyl groups excluding tert-OH is 1. The fourth-order valence-corrected chi connectivity index (χ4v) is 4.55. The topological polar surface area (TPSA) is 35.5 Å². The molecule has 1 aliphatic heterocycles. The van der Waals surface area contributed by atoms with Crippen LogP contribution >= 0.6 is 0 Å². The van der Waals surface area contributed by atoms with Gasteiger partial charge in [0.15, 0.2) is 0 Å². The first-order chi connectivity index (χ1) is 11.6. The van der Waals surface area contributed by atoms with Crippen molar-refractivity contribution in [3.63, 3.8) is 0 Å². The van der Waals surface area contributed by atoms with E-state index in [1.807, 2.05) is 0 Å². The molecule has 0 bridgehead atoms. The van der Waals surface area contributed by atoms with Gasteiger partial charge in [-0.3, -0.25) is 4.90 Å². The molecule has 2 N–H and O–H groups in total. The predicted molar refractivity (Wildman–Crippen MR) is 100 cm³/mol. The van der Waals surface area contributed by atoms with Crippen molar-refractivity contribution >= 4 is 0 Å². The minimum Gasteiger partial charge on any atom is -0.391 e. The Hall–Kier alpha value is -0.900. The molecule has 3 heteroatoms. The van der Waals surface area contributed by atoms with E-state index in [0.717, 1.165) is 25.9 Å². The quantitative estimate of drug-likeness (QED) is 0.870. The van der Waals surface area contributed by atoms with E-state index in [1.54, 1.807) is 0 Å². The second kappa shape index (κ2) is 8.46. The minimum atomic E-state index is -0.0942. The van der Waals surface area contributed by atoms with Crippen LogP contribution in [0.15, 0.2) is 24.3 Å². The lowest BCUT2D eigenvalue weighted by Crippen LogP contribution is -2.52. The van der Waals surface area contributed by atoms with Crippen LogP contribution in [0.4, 0.5) is 0 Å². The van der Waals surface area contributed by atoms with Gasteiger partial charge in [0.05, 0.1) is 6.10 Å². The second-order valence-corrected chi connectivity index (χ2v) is 7.93. The number of rotatable bonds is 5. The molecule has 134 valence electrons. The number of benzene rings is 1. The second-order valence-electron chi connectivity index (χ2n) is 7.93. The average molecular weight is 331 g/mol. The monoisotopic (exact) mass is 330 g/mol. The first-order valence-electron chi connectivity index (χ1n) is 9.86. The van der Waals surface area contributed by atoms with E-state index in [4.69, 9.17) is 0 Å². The summed E-state index contributed by atoms with van der Waals surface area (Å²) in [7, 11) is 0. The molecule has 0 radical (unpaired) electrons. The molecule has 3 unspecified atom stereocenters. The summed E-state index contributed by atoms with van der Waals surface area (Å²) in [4.78, 5) is 2.55. The van der Waals surface area contributed by atoms with Gasteiger partial charge in [-0.25, -0.2) is 0 Å². The zero-order chi connectivity index (χ0) is 16.9. The number of hydrogen-bond donors (Lipinski definition) is 2. The highest BCUT2D eigenvalue weighted by Gasteiger charge is 2.31. The van der Waals surface area contributed by atoms with Crippen LogP contribution in [0.25, 0.3) is 0 Å². The average Bonchev–Trinajstić information content (AvgIpc) is 2.58. The van der Waals surface area contributed by atoms with E-state index in [1.165, 1.54) is 43.2 Å².